The predicted molar refractivity (Wildman–Crippen MR) is 138 cm³/mol. The molecule has 2 aliphatic heterocycles. The van der Waals surface area contributed by atoms with Crippen LogP contribution in [-0.4, -0.2) is 83.2 Å². The van der Waals surface area contributed by atoms with Crippen LogP contribution in [0.5, 0.6) is 0 Å². The molecule has 1 saturated carbocycles. The quantitative estimate of drug-likeness (QED) is 0.493. The number of hydrogen-bond acceptors (Lipinski definition) is 5. The lowest BCUT2D eigenvalue weighted by Gasteiger charge is -2.35. The van der Waals surface area contributed by atoms with Crippen LogP contribution < -0.4 is 5.32 Å². The fourth-order valence-electron chi connectivity index (χ4n) is 5.10. The number of nitrogens with one attached hydrogen (secondary N) is 1. The molecule has 206 valence electrons. The number of carbonyl (C=O) groups is 3. The maximum absolute atomic E-state index is 12.5. The minimum atomic E-state index is -1.83. The lowest BCUT2D eigenvalue weighted by Crippen LogP contribution is -2.49. The molecule has 10 heteroatoms. The second kappa shape index (κ2) is 15.3. The number of ether oxygens (including phenoxy) is 2. The lowest BCUT2D eigenvalue weighted by molar-refractivity contribution is -0.0143. The van der Waals surface area contributed by atoms with Crippen molar-refractivity contribution in [2.24, 2.45) is 5.92 Å². The SMILES string of the molecule is O=C(NC1CCCCC1)N1CCC(OCC2CCN(C(=O)OCc3ccccc3)CC2)CC1.O=C(O)O. The van der Waals surface area contributed by atoms with E-state index < -0.39 is 6.16 Å². The second-order valence-corrected chi connectivity index (χ2v) is 10.1. The van der Waals surface area contributed by atoms with Gasteiger partial charge in [0.25, 0.3) is 0 Å². The number of piperidine rings is 2. The largest absolute Gasteiger partial charge is 0.503 e. The number of nitrogens with zero attached hydrogens (tertiary/aromatic N) is 2. The molecule has 0 unspecified atom stereocenters. The number of carboxylic acid groups (broad SMARTS) is 2. The molecule has 2 saturated heterocycles. The summed E-state index contributed by atoms with van der Waals surface area (Å²) in [6.07, 6.45) is 7.88. The molecule has 0 aromatic heterocycles. The van der Waals surface area contributed by atoms with E-state index in [1.165, 1.54) is 19.3 Å². The summed E-state index contributed by atoms with van der Waals surface area (Å²) in [4.78, 5) is 37.2. The normalized spacial score (nSPS) is 19.5. The van der Waals surface area contributed by atoms with E-state index in [0.717, 1.165) is 76.9 Å². The Balaban J connectivity index is 0.000000886. The first-order valence-corrected chi connectivity index (χ1v) is 13.4. The number of carbonyl (C=O) groups excluding carboxylic acids is 2. The van der Waals surface area contributed by atoms with Gasteiger partial charge in [-0.1, -0.05) is 49.6 Å². The highest BCUT2D eigenvalue weighted by Crippen LogP contribution is 2.22. The Bertz CT molecular complexity index is 828. The predicted octanol–water partition coefficient (Wildman–Crippen LogP) is 4.78. The van der Waals surface area contributed by atoms with Gasteiger partial charge in [0.05, 0.1) is 6.10 Å². The van der Waals surface area contributed by atoms with Gasteiger partial charge in [0.1, 0.15) is 6.61 Å². The van der Waals surface area contributed by atoms with E-state index in [2.05, 4.69) is 5.32 Å². The number of amides is 3. The van der Waals surface area contributed by atoms with Crippen LogP contribution in [0.2, 0.25) is 0 Å². The molecule has 1 aliphatic carbocycles. The minimum Gasteiger partial charge on any atom is -0.450 e. The molecule has 1 aromatic carbocycles. The van der Waals surface area contributed by atoms with E-state index in [0.29, 0.717) is 18.6 Å². The highest BCUT2D eigenvalue weighted by molar-refractivity contribution is 5.74. The van der Waals surface area contributed by atoms with Crippen LogP contribution in [0.3, 0.4) is 0 Å². The Morgan fingerprint density at radius 1 is 0.838 bits per heavy atom. The zero-order valence-electron chi connectivity index (χ0n) is 21.6. The van der Waals surface area contributed by atoms with Crippen LogP contribution in [0.1, 0.15) is 63.4 Å². The molecule has 1 aromatic rings. The third kappa shape index (κ3) is 10.5. The number of likely N-dealkylation sites (tertiary alicyclic amines) is 2. The molecule has 0 radical (unpaired) electrons. The van der Waals surface area contributed by atoms with E-state index in [4.69, 9.17) is 24.5 Å². The monoisotopic (exact) mass is 519 g/mol. The van der Waals surface area contributed by atoms with Crippen LogP contribution in [-0.2, 0) is 16.1 Å². The molecule has 37 heavy (non-hydrogen) atoms. The maximum Gasteiger partial charge on any atom is 0.503 e. The molecule has 4 rings (SSSR count). The number of benzene rings is 1. The summed E-state index contributed by atoms with van der Waals surface area (Å²) in [5.41, 5.74) is 1.01. The Hall–Kier alpha value is -3.01. The van der Waals surface area contributed by atoms with Gasteiger partial charge in [-0.15, -0.1) is 0 Å². The average molecular weight is 520 g/mol. The lowest BCUT2D eigenvalue weighted by atomic mass is 9.95. The highest BCUT2D eigenvalue weighted by atomic mass is 16.6. The summed E-state index contributed by atoms with van der Waals surface area (Å²) >= 11 is 0. The zero-order chi connectivity index (χ0) is 26.5. The molecule has 3 N–H and O–H groups in total. The van der Waals surface area contributed by atoms with Crippen molar-refractivity contribution in [2.45, 2.75) is 76.5 Å². The fourth-order valence-corrected chi connectivity index (χ4v) is 5.10. The van der Waals surface area contributed by atoms with Gasteiger partial charge in [-0.3, -0.25) is 0 Å². The van der Waals surface area contributed by atoms with Gasteiger partial charge in [-0.2, -0.15) is 0 Å². The van der Waals surface area contributed by atoms with Crippen molar-refractivity contribution in [2.75, 3.05) is 32.8 Å². The van der Waals surface area contributed by atoms with Gasteiger partial charge in [-0.25, -0.2) is 14.4 Å². The molecule has 0 atom stereocenters. The standard InChI is InChI=1S/C26H39N3O4.CH2O3/c30-25(27-23-9-5-2-6-10-23)28-17-13-24(14-18-28)32-19-22-11-15-29(16-12-22)26(31)33-20-21-7-3-1-4-8-21;2-1(3)4/h1,3-4,7-8,22-24H,2,5-6,9-20H2,(H,27,30);(H2,2,3,4). The molecular formula is C27H41N3O7. The first-order chi connectivity index (χ1) is 17.9. The fraction of sp³-hybridized carbons (Fsp3) is 0.667. The first kappa shape index (κ1) is 28.6. The van der Waals surface area contributed by atoms with Gasteiger partial charge in [0, 0.05) is 38.8 Å². The first-order valence-electron chi connectivity index (χ1n) is 13.4. The van der Waals surface area contributed by atoms with Gasteiger partial charge in [0.2, 0.25) is 0 Å². The molecule has 3 aliphatic rings. The van der Waals surface area contributed by atoms with E-state index in [1.807, 2.05) is 40.1 Å². The van der Waals surface area contributed by atoms with Crippen molar-refractivity contribution >= 4 is 18.3 Å². The molecule has 10 nitrogen and oxygen atoms in total. The maximum atomic E-state index is 12.5. The zero-order valence-corrected chi connectivity index (χ0v) is 21.6. The molecule has 3 fully saturated rings. The summed E-state index contributed by atoms with van der Waals surface area (Å²) in [5, 5.41) is 17.2. The van der Waals surface area contributed by atoms with Crippen LogP contribution in [0.25, 0.3) is 0 Å². The smallest absolute Gasteiger partial charge is 0.450 e. The van der Waals surface area contributed by atoms with E-state index >= 15 is 0 Å². The van der Waals surface area contributed by atoms with Crippen molar-refractivity contribution in [3.8, 4) is 0 Å². The Kier molecular flexibility index (Phi) is 11.8. The van der Waals surface area contributed by atoms with Crippen molar-refractivity contribution in [1.82, 2.24) is 15.1 Å². The topological polar surface area (TPSA) is 129 Å². The van der Waals surface area contributed by atoms with Crippen LogP contribution in [0.15, 0.2) is 30.3 Å². The van der Waals surface area contributed by atoms with Crippen LogP contribution in [0.4, 0.5) is 14.4 Å². The molecular weight excluding hydrogens is 478 g/mol. The van der Waals surface area contributed by atoms with E-state index in [9.17, 15) is 9.59 Å². The van der Waals surface area contributed by atoms with Gasteiger partial charge < -0.3 is 34.8 Å². The van der Waals surface area contributed by atoms with Crippen molar-refractivity contribution in [1.29, 1.82) is 0 Å². The summed E-state index contributed by atoms with van der Waals surface area (Å²) in [6, 6.07) is 10.2. The number of hydrogen-bond donors (Lipinski definition) is 3. The van der Waals surface area contributed by atoms with Gasteiger partial charge >= 0.3 is 18.3 Å². The minimum absolute atomic E-state index is 0.104. The number of rotatable bonds is 6. The Morgan fingerprint density at radius 3 is 2.05 bits per heavy atom. The summed E-state index contributed by atoms with van der Waals surface area (Å²) in [7, 11) is 0. The third-order valence-electron chi connectivity index (χ3n) is 7.31. The van der Waals surface area contributed by atoms with Crippen molar-refractivity contribution in [3.63, 3.8) is 0 Å². The summed E-state index contributed by atoms with van der Waals surface area (Å²) in [5.74, 6) is 0.482. The second-order valence-electron chi connectivity index (χ2n) is 10.1. The average Bonchev–Trinajstić information content (AvgIpc) is 2.92. The third-order valence-corrected chi connectivity index (χ3v) is 7.31. The Labute approximate surface area is 218 Å². The van der Waals surface area contributed by atoms with Crippen LogP contribution in [0, 0.1) is 5.92 Å². The van der Waals surface area contributed by atoms with Crippen molar-refractivity contribution < 1.29 is 34.1 Å². The molecule has 0 spiro atoms. The summed E-state index contributed by atoms with van der Waals surface area (Å²) < 4.78 is 11.7. The number of urea groups is 1. The molecule has 0 bridgehead atoms. The van der Waals surface area contributed by atoms with E-state index in [-0.39, 0.29) is 18.2 Å². The van der Waals surface area contributed by atoms with Gasteiger partial charge in [0.15, 0.2) is 0 Å². The molecule has 3 amide bonds. The summed E-state index contributed by atoms with van der Waals surface area (Å²) in [6.45, 7) is 4.05. The van der Waals surface area contributed by atoms with Gasteiger partial charge in [-0.05, 0) is 50.0 Å². The Morgan fingerprint density at radius 2 is 1.43 bits per heavy atom. The van der Waals surface area contributed by atoms with Crippen LogP contribution >= 0.6 is 0 Å². The highest BCUT2D eigenvalue weighted by Gasteiger charge is 2.28. The van der Waals surface area contributed by atoms with Crippen molar-refractivity contribution in [3.05, 3.63) is 35.9 Å². The molecule has 2 heterocycles. The van der Waals surface area contributed by atoms with E-state index in [1.54, 1.807) is 0 Å².